The van der Waals surface area contributed by atoms with E-state index in [0.717, 1.165) is 24.9 Å². The van der Waals surface area contributed by atoms with E-state index in [4.69, 9.17) is 0 Å². The molecule has 3 rings (SSSR count). The van der Waals surface area contributed by atoms with Gasteiger partial charge >= 0.3 is 0 Å². The molecule has 0 radical (unpaired) electrons. The number of anilines is 1. The fourth-order valence-corrected chi connectivity index (χ4v) is 3.54. The molecule has 0 unspecified atom stereocenters. The highest BCUT2D eigenvalue weighted by molar-refractivity contribution is 6.00. The van der Waals surface area contributed by atoms with Crippen molar-refractivity contribution in [1.82, 2.24) is 10.6 Å². The topological polar surface area (TPSA) is 78.5 Å². The molecule has 1 aromatic rings. The van der Waals surface area contributed by atoms with E-state index >= 15 is 0 Å². The van der Waals surface area contributed by atoms with E-state index in [1.165, 1.54) is 11.1 Å². The lowest BCUT2D eigenvalue weighted by Gasteiger charge is -2.18. The normalized spacial score (nSPS) is 19.2. The maximum atomic E-state index is 12.3. The highest BCUT2D eigenvalue weighted by atomic mass is 16.2. The van der Waals surface area contributed by atoms with Crippen LogP contribution >= 0.6 is 0 Å². The molecule has 0 spiro atoms. The van der Waals surface area contributed by atoms with Crippen molar-refractivity contribution in [3.63, 3.8) is 0 Å². The first-order valence-electron chi connectivity index (χ1n) is 8.93. The van der Waals surface area contributed by atoms with Crippen molar-refractivity contribution >= 4 is 23.4 Å². The number of carbonyl (C=O) groups excluding carboxylic acids is 3. The van der Waals surface area contributed by atoms with E-state index in [0.29, 0.717) is 6.54 Å². The lowest BCUT2D eigenvalue weighted by Crippen LogP contribution is -2.42. The van der Waals surface area contributed by atoms with E-state index in [-0.39, 0.29) is 36.7 Å². The predicted molar refractivity (Wildman–Crippen MR) is 95.2 cm³/mol. The van der Waals surface area contributed by atoms with Crippen LogP contribution in [0.2, 0.25) is 0 Å². The van der Waals surface area contributed by atoms with Crippen LogP contribution in [0.5, 0.6) is 0 Å². The minimum Gasteiger partial charge on any atom is -0.352 e. The Labute approximate surface area is 148 Å². The van der Waals surface area contributed by atoms with Crippen molar-refractivity contribution in [2.24, 2.45) is 5.92 Å². The van der Waals surface area contributed by atoms with Crippen LogP contribution in [0.4, 0.5) is 5.69 Å². The Morgan fingerprint density at radius 1 is 1.24 bits per heavy atom. The van der Waals surface area contributed by atoms with Gasteiger partial charge in [-0.25, -0.2) is 0 Å². The Bertz CT molecular complexity index is 699. The van der Waals surface area contributed by atoms with Crippen molar-refractivity contribution in [1.29, 1.82) is 0 Å². The van der Waals surface area contributed by atoms with E-state index in [9.17, 15) is 14.4 Å². The van der Waals surface area contributed by atoms with Gasteiger partial charge in [-0.1, -0.05) is 6.07 Å². The molecule has 1 saturated heterocycles. The zero-order valence-electron chi connectivity index (χ0n) is 14.8. The van der Waals surface area contributed by atoms with E-state index in [2.05, 4.69) is 22.8 Å². The third kappa shape index (κ3) is 4.00. The summed E-state index contributed by atoms with van der Waals surface area (Å²) in [6.07, 6.45) is 3.51. The van der Waals surface area contributed by atoms with Gasteiger partial charge in [-0.15, -0.1) is 0 Å². The quantitative estimate of drug-likeness (QED) is 0.842. The van der Waals surface area contributed by atoms with Crippen LogP contribution in [0.15, 0.2) is 18.2 Å². The summed E-state index contributed by atoms with van der Waals surface area (Å²) in [7, 11) is 0. The van der Waals surface area contributed by atoms with Crippen LogP contribution in [0, 0.1) is 5.92 Å². The fraction of sp³-hybridized carbons (Fsp3) is 0.526. The molecule has 1 heterocycles. The molecular formula is C19H25N3O3. The first-order chi connectivity index (χ1) is 11.9. The first-order valence-corrected chi connectivity index (χ1v) is 8.93. The highest BCUT2D eigenvalue weighted by Gasteiger charge is 2.35. The third-order valence-electron chi connectivity index (χ3n) is 4.76. The second kappa shape index (κ2) is 7.25. The first kappa shape index (κ1) is 17.5. The van der Waals surface area contributed by atoms with E-state index < -0.39 is 5.92 Å². The zero-order valence-corrected chi connectivity index (χ0v) is 14.8. The summed E-state index contributed by atoms with van der Waals surface area (Å²) >= 11 is 0. The lowest BCUT2D eigenvalue weighted by molar-refractivity contribution is -0.129. The molecule has 6 heteroatoms. The van der Waals surface area contributed by atoms with Crippen molar-refractivity contribution in [2.75, 3.05) is 18.0 Å². The molecule has 1 aliphatic carbocycles. The van der Waals surface area contributed by atoms with Crippen molar-refractivity contribution < 1.29 is 14.4 Å². The number of carbonyl (C=O) groups is 3. The van der Waals surface area contributed by atoms with Gasteiger partial charge in [-0.3, -0.25) is 14.4 Å². The number of benzene rings is 1. The molecule has 0 aromatic heterocycles. The van der Waals surface area contributed by atoms with Gasteiger partial charge in [0.05, 0.1) is 12.5 Å². The zero-order chi connectivity index (χ0) is 18.0. The minimum atomic E-state index is -0.410. The summed E-state index contributed by atoms with van der Waals surface area (Å²) in [5.41, 5.74) is 3.54. The molecule has 25 heavy (non-hydrogen) atoms. The van der Waals surface area contributed by atoms with Crippen LogP contribution in [0.25, 0.3) is 0 Å². The van der Waals surface area contributed by atoms with Crippen LogP contribution in [-0.4, -0.2) is 36.9 Å². The Balaban J connectivity index is 1.58. The fourth-order valence-electron chi connectivity index (χ4n) is 3.54. The summed E-state index contributed by atoms with van der Waals surface area (Å²) in [6.45, 7) is 4.05. The summed E-state index contributed by atoms with van der Waals surface area (Å²) in [5, 5.41) is 5.36. The number of hydrogen-bond acceptors (Lipinski definition) is 3. The summed E-state index contributed by atoms with van der Waals surface area (Å²) in [6, 6.07) is 6.18. The van der Waals surface area contributed by atoms with Gasteiger partial charge in [0.2, 0.25) is 17.7 Å². The molecule has 2 N–H and O–H groups in total. The Morgan fingerprint density at radius 2 is 2.00 bits per heavy atom. The smallest absolute Gasteiger partial charge is 0.239 e. The van der Waals surface area contributed by atoms with Gasteiger partial charge in [0.1, 0.15) is 0 Å². The van der Waals surface area contributed by atoms with Gasteiger partial charge in [-0.2, -0.15) is 0 Å². The van der Waals surface area contributed by atoms with Gasteiger partial charge in [0, 0.05) is 24.7 Å². The van der Waals surface area contributed by atoms with Crippen LogP contribution in [-0.2, 0) is 27.2 Å². The highest BCUT2D eigenvalue weighted by Crippen LogP contribution is 2.30. The van der Waals surface area contributed by atoms with Gasteiger partial charge < -0.3 is 15.5 Å². The summed E-state index contributed by atoms with van der Waals surface area (Å²) < 4.78 is 0. The minimum absolute atomic E-state index is 0.0350. The Kier molecular flexibility index (Phi) is 5.06. The molecule has 0 saturated carbocycles. The number of hydrogen-bond donors (Lipinski definition) is 2. The van der Waals surface area contributed by atoms with Crippen LogP contribution in [0.1, 0.15) is 37.8 Å². The number of nitrogens with one attached hydrogen (secondary N) is 2. The second-order valence-electron chi connectivity index (χ2n) is 7.15. The van der Waals surface area contributed by atoms with E-state index in [1.807, 2.05) is 19.9 Å². The lowest BCUT2D eigenvalue weighted by atomic mass is 10.1. The molecule has 0 bridgehead atoms. The van der Waals surface area contributed by atoms with Gasteiger partial charge in [-0.05, 0) is 56.4 Å². The summed E-state index contributed by atoms with van der Waals surface area (Å²) in [5.74, 6) is -0.906. The number of aryl methyl sites for hydroxylation is 2. The van der Waals surface area contributed by atoms with Crippen molar-refractivity contribution in [2.45, 2.75) is 45.6 Å². The number of amides is 3. The van der Waals surface area contributed by atoms with Crippen molar-refractivity contribution in [3.05, 3.63) is 29.3 Å². The number of fused-ring (bicyclic) bond motifs is 1. The van der Waals surface area contributed by atoms with Crippen LogP contribution in [0.3, 0.4) is 0 Å². The second-order valence-corrected chi connectivity index (χ2v) is 7.15. The van der Waals surface area contributed by atoms with Crippen LogP contribution < -0.4 is 15.5 Å². The SMILES string of the molecule is CC(C)NC(=O)CNC(=O)[C@H]1CC(=O)N(c2ccc3c(c2)CCC3)C1. The molecule has 134 valence electrons. The monoisotopic (exact) mass is 343 g/mol. The number of nitrogens with zero attached hydrogens (tertiary/aromatic N) is 1. The summed E-state index contributed by atoms with van der Waals surface area (Å²) in [4.78, 5) is 37.9. The molecule has 3 amide bonds. The molecule has 1 fully saturated rings. The van der Waals surface area contributed by atoms with Gasteiger partial charge in [0.15, 0.2) is 0 Å². The maximum absolute atomic E-state index is 12.3. The average Bonchev–Trinajstić information content (AvgIpc) is 3.17. The molecule has 1 aliphatic heterocycles. The third-order valence-corrected chi connectivity index (χ3v) is 4.76. The number of rotatable bonds is 5. The van der Waals surface area contributed by atoms with Crippen molar-refractivity contribution in [3.8, 4) is 0 Å². The Hall–Kier alpha value is -2.37. The average molecular weight is 343 g/mol. The van der Waals surface area contributed by atoms with Gasteiger partial charge in [0.25, 0.3) is 0 Å². The largest absolute Gasteiger partial charge is 0.352 e. The van der Waals surface area contributed by atoms with E-state index in [1.54, 1.807) is 4.90 Å². The molecule has 1 atom stereocenters. The molecule has 2 aliphatic rings. The maximum Gasteiger partial charge on any atom is 0.239 e. The Morgan fingerprint density at radius 3 is 2.76 bits per heavy atom. The molecule has 6 nitrogen and oxygen atoms in total. The predicted octanol–water partition coefficient (Wildman–Crippen LogP) is 1.17. The standard InChI is InChI=1S/C19H25N3O3/c1-12(2)21-17(23)10-20-19(25)15-9-18(24)22(11-15)16-7-6-13-4-3-5-14(13)8-16/h6-8,12,15H,3-5,9-11H2,1-2H3,(H,20,25)(H,21,23)/t15-/m0/s1. The molecule has 1 aromatic carbocycles. The molecular weight excluding hydrogens is 318 g/mol.